The van der Waals surface area contributed by atoms with E-state index in [0.717, 1.165) is 61.6 Å². The van der Waals surface area contributed by atoms with Crippen molar-refractivity contribution in [2.75, 3.05) is 0 Å². The summed E-state index contributed by atoms with van der Waals surface area (Å²) in [5, 5.41) is 35.4. The molecule has 326 valence electrons. The second kappa shape index (κ2) is 17.7. The van der Waals surface area contributed by atoms with Gasteiger partial charge in [0.2, 0.25) is 0 Å². The number of nitrogens with zero attached hydrogens (tertiary/aromatic N) is 1. The fourth-order valence-electron chi connectivity index (χ4n) is 11.4. The molecule has 6 unspecified atom stereocenters. The lowest BCUT2D eigenvalue weighted by Crippen LogP contribution is -2.42. The molecule has 6 radical (unpaired) electrons. The van der Waals surface area contributed by atoms with Crippen molar-refractivity contribution in [1.29, 1.82) is 0 Å². The first-order valence-electron chi connectivity index (χ1n) is 23.7. The molecular weight excluding hydrogens is 827 g/mol. The van der Waals surface area contributed by atoms with E-state index in [1.165, 1.54) is 21.7 Å². The predicted octanol–water partition coefficient (Wildman–Crippen LogP) is 9.63. The maximum atomic E-state index is 12.4. The molecule has 4 aliphatic carbocycles. The third-order valence-electron chi connectivity index (χ3n) is 14.9. The molecule has 0 aliphatic heterocycles. The Hall–Kier alpha value is -6.86. The van der Waals surface area contributed by atoms with Crippen LogP contribution in [0.25, 0.3) is 49.0 Å². The lowest BCUT2D eigenvalue weighted by Gasteiger charge is -2.34. The number of allylic oxidation sites excluding steroid dienone is 7. The molecular formula is C60H50B3N3O2. The Morgan fingerprint density at radius 3 is 2.13 bits per heavy atom. The largest absolute Gasteiger partial charge is 0.509 e. The van der Waals surface area contributed by atoms with Crippen LogP contribution in [-0.2, 0) is 6.42 Å². The first-order chi connectivity index (χ1) is 33.1. The monoisotopic (exact) mass is 877 g/mol. The summed E-state index contributed by atoms with van der Waals surface area (Å²) in [5.41, 5.74) is 17.9. The van der Waals surface area contributed by atoms with Crippen LogP contribution in [0.4, 0.5) is 0 Å². The molecule has 4 aliphatic rings. The van der Waals surface area contributed by atoms with E-state index in [1.54, 1.807) is 0 Å². The minimum atomic E-state index is -1.34. The predicted molar refractivity (Wildman–Crippen MR) is 286 cm³/mol. The summed E-state index contributed by atoms with van der Waals surface area (Å²) in [7, 11) is 21.4. The minimum absolute atomic E-state index is 0.184. The van der Waals surface area contributed by atoms with Crippen molar-refractivity contribution in [1.82, 2.24) is 5.32 Å². The van der Waals surface area contributed by atoms with E-state index in [1.807, 2.05) is 25.1 Å². The van der Waals surface area contributed by atoms with Crippen LogP contribution in [0.3, 0.4) is 0 Å². The van der Waals surface area contributed by atoms with Crippen LogP contribution in [0, 0.1) is 5.92 Å². The van der Waals surface area contributed by atoms with Crippen LogP contribution in [0.1, 0.15) is 72.4 Å². The van der Waals surface area contributed by atoms with E-state index in [0.29, 0.717) is 51.8 Å². The average Bonchev–Trinajstić information content (AvgIpc) is 3.80. The fraction of sp³-hybridized carbons (Fsp3) is 0.183. The summed E-state index contributed by atoms with van der Waals surface area (Å²) in [6.07, 6.45) is 14.9. The van der Waals surface area contributed by atoms with E-state index in [9.17, 15) is 10.2 Å². The van der Waals surface area contributed by atoms with Gasteiger partial charge in [-0.2, -0.15) is 0 Å². The molecule has 11 rings (SSSR count). The minimum Gasteiger partial charge on any atom is -0.509 e. The Kier molecular flexibility index (Phi) is 11.3. The summed E-state index contributed by atoms with van der Waals surface area (Å²) in [5.74, 6) is -0.327. The highest BCUT2D eigenvalue weighted by Crippen LogP contribution is 2.48. The van der Waals surface area contributed by atoms with Crippen molar-refractivity contribution in [3.63, 3.8) is 0 Å². The summed E-state index contributed by atoms with van der Waals surface area (Å²) in [6.45, 7) is 4.09. The molecule has 0 amide bonds. The van der Waals surface area contributed by atoms with Crippen molar-refractivity contribution >= 4 is 83.7 Å². The van der Waals surface area contributed by atoms with Gasteiger partial charge in [0.25, 0.3) is 0 Å². The van der Waals surface area contributed by atoms with Crippen LogP contribution in [0.15, 0.2) is 191 Å². The molecule has 0 saturated carbocycles. The third-order valence-corrected chi connectivity index (χ3v) is 14.9. The molecule has 0 fully saturated rings. The zero-order valence-corrected chi connectivity index (χ0v) is 38.3. The molecule has 0 aromatic heterocycles. The average molecular weight is 878 g/mol. The van der Waals surface area contributed by atoms with Crippen LogP contribution >= 0.6 is 0 Å². The van der Waals surface area contributed by atoms with Crippen molar-refractivity contribution in [2.45, 2.75) is 63.3 Å². The second-order valence-corrected chi connectivity index (χ2v) is 18.8. The summed E-state index contributed by atoms with van der Waals surface area (Å²) >= 11 is 0. The topological polar surface area (TPSA) is 90.9 Å². The van der Waals surface area contributed by atoms with Gasteiger partial charge in [-0.05, 0) is 122 Å². The molecule has 7 aromatic carbocycles. The smallest absolute Gasteiger partial charge is 0.131 e. The molecule has 8 heteroatoms. The Bertz CT molecular complexity index is 3400. The van der Waals surface area contributed by atoms with Gasteiger partial charge < -0.3 is 15.9 Å². The zero-order valence-electron chi connectivity index (χ0n) is 38.3. The van der Waals surface area contributed by atoms with E-state index < -0.39 is 18.2 Å². The van der Waals surface area contributed by atoms with Gasteiger partial charge in [0.05, 0.1) is 0 Å². The zero-order chi connectivity index (χ0) is 46.8. The quantitative estimate of drug-likeness (QED) is 0.0504. The standard InChI is InChI=1S/C60H50B3N3O2/c1-33-47-32-49-52(56(63)55(62)51(54(49)61)40-27-28-46-44-25-10-9-23-42(44)43-24-11-12-26-45(43)48(46)31-40)53(47)58(68)57(67)50(33)60(65-34(2)37-19-13-20-38(29-37)35-15-5-3-6-16-35)66-59(64)41-22-14-21-39(30-41)36-17-7-4-8-18-36/h3-15,17-21,23-31,34-35,41,53,58,60,65,67-68H,16,22,32H2,1-2H3,(H2,64,66). The Balaban J connectivity index is 0.996. The Labute approximate surface area is 402 Å². The van der Waals surface area contributed by atoms with Gasteiger partial charge in [0.1, 0.15) is 47.4 Å². The molecule has 68 heavy (non-hydrogen) atoms. The molecule has 5 N–H and O–H groups in total. The van der Waals surface area contributed by atoms with E-state index >= 15 is 0 Å². The third kappa shape index (κ3) is 7.42. The van der Waals surface area contributed by atoms with Crippen LogP contribution in [-0.4, -0.2) is 51.9 Å². The highest BCUT2D eigenvalue weighted by Gasteiger charge is 2.44. The normalized spacial score (nSPS) is 21.1. The number of amidine groups is 1. The maximum Gasteiger partial charge on any atom is 0.131 e. The lowest BCUT2D eigenvalue weighted by atomic mass is 9.65. The van der Waals surface area contributed by atoms with Crippen molar-refractivity contribution in [3.8, 4) is 11.1 Å². The van der Waals surface area contributed by atoms with E-state index in [4.69, 9.17) is 34.3 Å². The lowest BCUT2D eigenvalue weighted by molar-refractivity contribution is 0.131. The maximum absolute atomic E-state index is 12.4. The summed E-state index contributed by atoms with van der Waals surface area (Å²) in [6, 6.07) is 42.0. The number of aliphatic hydroxyl groups excluding tert-OH is 2. The number of nitrogens with two attached hydrogens (primary N) is 1. The number of aliphatic hydroxyl groups is 2. The highest BCUT2D eigenvalue weighted by molar-refractivity contribution is 6.55. The number of nitrogens with one attached hydrogen (secondary N) is 1. The van der Waals surface area contributed by atoms with Gasteiger partial charge in [0.15, 0.2) is 0 Å². The van der Waals surface area contributed by atoms with Gasteiger partial charge in [-0.25, -0.2) is 4.99 Å². The van der Waals surface area contributed by atoms with E-state index in [2.05, 4.69) is 158 Å². The number of aliphatic imine (C=N–C) groups is 1. The summed E-state index contributed by atoms with van der Waals surface area (Å²) < 4.78 is 0. The Morgan fingerprint density at radius 1 is 0.735 bits per heavy atom. The molecule has 0 bridgehead atoms. The van der Waals surface area contributed by atoms with Crippen molar-refractivity contribution < 1.29 is 10.2 Å². The number of fused-ring (bicyclic) bond motifs is 9. The van der Waals surface area contributed by atoms with Crippen molar-refractivity contribution in [3.05, 3.63) is 214 Å². The van der Waals surface area contributed by atoms with Gasteiger partial charge >= 0.3 is 0 Å². The van der Waals surface area contributed by atoms with Gasteiger partial charge in [-0.15, -0.1) is 0 Å². The highest BCUT2D eigenvalue weighted by atomic mass is 16.3. The number of hydrogen-bond donors (Lipinski definition) is 4. The number of hydrogen-bond acceptors (Lipinski definition) is 4. The number of rotatable bonds is 9. The van der Waals surface area contributed by atoms with Gasteiger partial charge in [0, 0.05) is 29.4 Å². The SMILES string of the molecule is [B]c1c([B])c2c(c([B])c1-c1ccc3c4ccccc4c4ccccc4c3c1)CC1=C(C)C(C(N=C(N)C3C=C(c4ccccc4)C=CC3)NC(C)c3cccc(C4C=CC=CC4)c3)=C(O)C(O)C12. The van der Waals surface area contributed by atoms with Crippen LogP contribution < -0.4 is 27.4 Å². The van der Waals surface area contributed by atoms with Crippen LogP contribution in [0.5, 0.6) is 0 Å². The second-order valence-electron chi connectivity index (χ2n) is 18.8. The summed E-state index contributed by atoms with van der Waals surface area (Å²) in [4.78, 5) is 5.25. The fourth-order valence-corrected chi connectivity index (χ4v) is 11.4. The van der Waals surface area contributed by atoms with Crippen LogP contribution in [0.2, 0.25) is 0 Å². The van der Waals surface area contributed by atoms with Gasteiger partial charge in [-0.1, -0.05) is 180 Å². The van der Waals surface area contributed by atoms with Crippen molar-refractivity contribution in [2.24, 2.45) is 16.6 Å². The molecule has 0 heterocycles. The van der Waals surface area contributed by atoms with E-state index in [-0.39, 0.29) is 23.6 Å². The van der Waals surface area contributed by atoms with Gasteiger partial charge in [-0.3, -0.25) is 5.32 Å². The number of benzene rings is 7. The molecule has 5 nitrogen and oxygen atoms in total. The molecule has 0 spiro atoms. The molecule has 0 saturated heterocycles. The Morgan fingerprint density at radius 2 is 1.43 bits per heavy atom. The first kappa shape index (κ1) is 43.7. The first-order valence-corrected chi connectivity index (χ1v) is 23.7. The molecule has 7 aromatic rings. The molecule has 6 atom stereocenters.